The molecule has 1 amide bonds. The number of nitrogens with zero attached hydrogens (tertiary/aromatic N) is 3. The normalized spacial score (nSPS) is 10.9. The Hall–Kier alpha value is -2.90. The highest BCUT2D eigenvalue weighted by molar-refractivity contribution is 5.95. The number of nitrogens with one attached hydrogen (secondary N) is 1. The van der Waals surface area contributed by atoms with Crippen LogP contribution in [0.15, 0.2) is 24.4 Å². The molecule has 0 aliphatic rings. The minimum Gasteiger partial charge on any atom is -0.481 e. The van der Waals surface area contributed by atoms with Crippen molar-refractivity contribution in [3.05, 3.63) is 30.1 Å². The second-order valence-electron chi connectivity index (χ2n) is 5.89. The Kier molecular flexibility index (Phi) is 5.18. The molecule has 0 fully saturated rings. The van der Waals surface area contributed by atoms with Crippen LogP contribution in [-0.4, -0.2) is 40.6 Å². The number of rotatable bonds is 5. The molecule has 2 rings (SSSR count). The Morgan fingerprint density at radius 1 is 1.12 bits per heavy atom. The number of carbonyl (C=O) groups is 1. The van der Waals surface area contributed by atoms with Crippen molar-refractivity contribution >= 4 is 5.91 Å². The van der Waals surface area contributed by atoms with Crippen molar-refractivity contribution in [3.8, 4) is 23.5 Å². The van der Waals surface area contributed by atoms with Gasteiger partial charge in [0.05, 0.1) is 20.3 Å². The van der Waals surface area contributed by atoms with Crippen LogP contribution in [0.5, 0.6) is 23.5 Å². The molecule has 0 aliphatic heterocycles. The SMILES string of the molecule is COc1cc(OC)nc(Oc2cccnc2C(=O)NC(C)(C)C)n1. The maximum Gasteiger partial charge on any atom is 0.328 e. The summed E-state index contributed by atoms with van der Waals surface area (Å²) >= 11 is 0. The van der Waals surface area contributed by atoms with E-state index in [1.54, 1.807) is 12.1 Å². The third-order valence-electron chi connectivity index (χ3n) is 2.75. The number of methoxy groups -OCH3 is 2. The van der Waals surface area contributed by atoms with E-state index in [4.69, 9.17) is 14.2 Å². The van der Waals surface area contributed by atoms with Gasteiger partial charge in [-0.25, -0.2) is 4.98 Å². The highest BCUT2D eigenvalue weighted by atomic mass is 16.5. The molecule has 128 valence electrons. The van der Waals surface area contributed by atoms with Crippen LogP contribution >= 0.6 is 0 Å². The Balaban J connectivity index is 2.32. The van der Waals surface area contributed by atoms with Crippen molar-refractivity contribution in [2.45, 2.75) is 26.3 Å². The molecule has 1 N–H and O–H groups in total. The van der Waals surface area contributed by atoms with E-state index in [2.05, 4.69) is 20.3 Å². The van der Waals surface area contributed by atoms with Gasteiger partial charge in [0.15, 0.2) is 11.4 Å². The van der Waals surface area contributed by atoms with Gasteiger partial charge in [-0.2, -0.15) is 9.97 Å². The van der Waals surface area contributed by atoms with Gasteiger partial charge < -0.3 is 19.5 Å². The summed E-state index contributed by atoms with van der Waals surface area (Å²) in [5.74, 6) is 0.436. The van der Waals surface area contributed by atoms with Crippen LogP contribution in [0.4, 0.5) is 0 Å². The van der Waals surface area contributed by atoms with Crippen molar-refractivity contribution in [1.82, 2.24) is 20.3 Å². The molecule has 24 heavy (non-hydrogen) atoms. The number of carbonyl (C=O) groups excluding carboxylic acids is 1. The number of hydrogen-bond acceptors (Lipinski definition) is 7. The van der Waals surface area contributed by atoms with E-state index in [1.165, 1.54) is 26.5 Å². The predicted molar refractivity (Wildman–Crippen MR) is 86.7 cm³/mol. The molecular formula is C16H20N4O4. The van der Waals surface area contributed by atoms with Gasteiger partial charge in [0.2, 0.25) is 11.8 Å². The van der Waals surface area contributed by atoms with Crippen molar-refractivity contribution in [3.63, 3.8) is 0 Å². The van der Waals surface area contributed by atoms with Gasteiger partial charge in [-0.1, -0.05) is 0 Å². The Bertz CT molecular complexity index is 706. The zero-order chi connectivity index (χ0) is 17.7. The molecule has 2 aromatic heterocycles. The Morgan fingerprint density at radius 2 is 1.75 bits per heavy atom. The average molecular weight is 332 g/mol. The van der Waals surface area contributed by atoms with Crippen LogP contribution in [-0.2, 0) is 0 Å². The largest absolute Gasteiger partial charge is 0.481 e. The summed E-state index contributed by atoms with van der Waals surface area (Å²) in [6.07, 6.45) is 1.51. The van der Waals surface area contributed by atoms with Crippen molar-refractivity contribution in [2.75, 3.05) is 14.2 Å². The van der Waals surface area contributed by atoms with Crippen LogP contribution in [0.25, 0.3) is 0 Å². The molecule has 0 atom stereocenters. The Labute approximate surface area is 140 Å². The summed E-state index contributed by atoms with van der Waals surface area (Å²) in [5.41, 5.74) is -0.264. The summed E-state index contributed by atoms with van der Waals surface area (Å²) in [6, 6.07) is 4.77. The van der Waals surface area contributed by atoms with Gasteiger partial charge in [0.25, 0.3) is 5.91 Å². The number of aromatic nitrogens is 3. The number of ether oxygens (including phenoxy) is 3. The molecule has 0 saturated carbocycles. The van der Waals surface area contributed by atoms with E-state index in [0.717, 1.165) is 0 Å². The molecule has 0 aromatic carbocycles. The lowest BCUT2D eigenvalue weighted by Crippen LogP contribution is -2.41. The maximum atomic E-state index is 12.4. The van der Waals surface area contributed by atoms with Gasteiger partial charge in [0.1, 0.15) is 0 Å². The minimum atomic E-state index is -0.401. The predicted octanol–water partition coefficient (Wildman–Crippen LogP) is 2.21. The molecule has 2 aromatic rings. The molecule has 8 heteroatoms. The van der Waals surface area contributed by atoms with Gasteiger partial charge in [0, 0.05) is 11.7 Å². The molecule has 0 radical (unpaired) electrons. The van der Waals surface area contributed by atoms with Crippen molar-refractivity contribution < 1.29 is 19.0 Å². The number of hydrogen-bond donors (Lipinski definition) is 1. The van der Waals surface area contributed by atoms with Crippen LogP contribution in [0.3, 0.4) is 0 Å². The second-order valence-corrected chi connectivity index (χ2v) is 5.89. The van der Waals surface area contributed by atoms with Crippen LogP contribution in [0.1, 0.15) is 31.3 Å². The zero-order valence-corrected chi connectivity index (χ0v) is 14.3. The fourth-order valence-corrected chi connectivity index (χ4v) is 1.78. The lowest BCUT2D eigenvalue weighted by molar-refractivity contribution is 0.0911. The third kappa shape index (κ3) is 4.55. The first-order valence-electron chi connectivity index (χ1n) is 7.25. The van der Waals surface area contributed by atoms with Gasteiger partial charge in [-0.3, -0.25) is 4.79 Å². The van der Waals surface area contributed by atoms with Gasteiger partial charge >= 0.3 is 6.01 Å². The lowest BCUT2D eigenvalue weighted by Gasteiger charge is -2.20. The summed E-state index contributed by atoms with van der Waals surface area (Å²) in [4.78, 5) is 24.6. The second kappa shape index (κ2) is 7.12. The molecule has 0 unspecified atom stereocenters. The Morgan fingerprint density at radius 3 is 2.29 bits per heavy atom. The smallest absolute Gasteiger partial charge is 0.328 e. The van der Waals surface area contributed by atoms with E-state index in [0.29, 0.717) is 0 Å². The van der Waals surface area contributed by atoms with Crippen molar-refractivity contribution in [2.24, 2.45) is 0 Å². The molecule has 2 heterocycles. The van der Waals surface area contributed by atoms with E-state index in [1.807, 2.05) is 20.8 Å². The fourth-order valence-electron chi connectivity index (χ4n) is 1.78. The average Bonchev–Trinajstić information content (AvgIpc) is 2.53. The maximum absolute atomic E-state index is 12.4. The highest BCUT2D eigenvalue weighted by Crippen LogP contribution is 2.25. The van der Waals surface area contributed by atoms with E-state index >= 15 is 0 Å². The summed E-state index contributed by atoms with van der Waals surface area (Å²) in [6.45, 7) is 5.64. The molecule has 0 saturated heterocycles. The topological polar surface area (TPSA) is 95.5 Å². The molecule has 0 aliphatic carbocycles. The molecule has 0 bridgehead atoms. The quantitative estimate of drug-likeness (QED) is 0.896. The standard InChI is InChI=1S/C16H20N4O4/c1-16(2,3)20-14(21)13-10(7-6-8-17-13)24-15-18-11(22-4)9-12(19-15)23-5/h6-9H,1-5H3,(H,20,21). The zero-order valence-electron chi connectivity index (χ0n) is 14.3. The molecule has 0 spiro atoms. The third-order valence-corrected chi connectivity index (χ3v) is 2.75. The number of pyridine rings is 1. The van der Waals surface area contributed by atoms with Crippen LogP contribution in [0.2, 0.25) is 0 Å². The lowest BCUT2D eigenvalue weighted by atomic mass is 10.1. The fraction of sp³-hybridized carbons (Fsp3) is 0.375. The summed E-state index contributed by atoms with van der Waals surface area (Å²) in [7, 11) is 2.94. The first-order chi connectivity index (χ1) is 11.3. The van der Waals surface area contributed by atoms with E-state index < -0.39 is 5.54 Å². The molecular weight excluding hydrogens is 312 g/mol. The number of amides is 1. The first-order valence-corrected chi connectivity index (χ1v) is 7.25. The van der Waals surface area contributed by atoms with E-state index in [-0.39, 0.29) is 35.1 Å². The van der Waals surface area contributed by atoms with Crippen molar-refractivity contribution in [1.29, 1.82) is 0 Å². The minimum absolute atomic E-state index is 0.0102. The van der Waals surface area contributed by atoms with Crippen LogP contribution in [0, 0.1) is 0 Å². The van der Waals surface area contributed by atoms with E-state index in [9.17, 15) is 4.79 Å². The molecule has 8 nitrogen and oxygen atoms in total. The summed E-state index contributed by atoms with van der Waals surface area (Å²) < 4.78 is 15.8. The summed E-state index contributed by atoms with van der Waals surface area (Å²) in [5, 5.41) is 2.84. The highest BCUT2D eigenvalue weighted by Gasteiger charge is 2.21. The monoisotopic (exact) mass is 332 g/mol. The van der Waals surface area contributed by atoms with Gasteiger partial charge in [-0.05, 0) is 32.9 Å². The van der Waals surface area contributed by atoms with Crippen LogP contribution < -0.4 is 19.5 Å². The van der Waals surface area contributed by atoms with Gasteiger partial charge in [-0.15, -0.1) is 0 Å². The first kappa shape index (κ1) is 17.5.